The Hall–Kier alpha value is -6.22. The first kappa shape index (κ1) is 33.4. The first-order chi connectivity index (χ1) is 27.0. The van der Waals surface area contributed by atoms with Crippen molar-refractivity contribution in [1.29, 1.82) is 0 Å². The molecule has 0 radical (unpaired) electrons. The van der Waals surface area contributed by atoms with Crippen molar-refractivity contribution in [2.45, 2.75) is 43.8 Å². The number of hydrogen-bond acceptors (Lipinski definition) is 2. The summed E-state index contributed by atoms with van der Waals surface area (Å²) in [6.07, 6.45) is 8.18. The van der Waals surface area contributed by atoms with Crippen LogP contribution in [0.3, 0.4) is 0 Å². The number of rotatable bonds is 6. The highest BCUT2D eigenvalue weighted by Crippen LogP contribution is 2.56. The van der Waals surface area contributed by atoms with Gasteiger partial charge in [0.1, 0.15) is 6.17 Å². The number of allylic oxidation sites excluding steroid dienone is 4. The van der Waals surface area contributed by atoms with Gasteiger partial charge < -0.3 is 5.32 Å². The molecule has 7 aromatic rings. The van der Waals surface area contributed by atoms with E-state index in [1.165, 1.54) is 72.0 Å². The van der Waals surface area contributed by atoms with E-state index >= 15 is 0 Å². The monoisotopic (exact) mass is 708 g/mol. The second-order valence-electron chi connectivity index (χ2n) is 15.8. The third kappa shape index (κ3) is 5.95. The van der Waals surface area contributed by atoms with Crippen LogP contribution in [0.5, 0.6) is 0 Å². The van der Waals surface area contributed by atoms with Crippen molar-refractivity contribution >= 4 is 22.0 Å². The molecule has 3 aliphatic rings. The maximum Gasteiger partial charge on any atom is 0.104 e. The van der Waals surface area contributed by atoms with Crippen LogP contribution in [0.25, 0.3) is 44.3 Å². The zero-order valence-corrected chi connectivity index (χ0v) is 31.3. The van der Waals surface area contributed by atoms with Crippen LogP contribution in [0, 0.1) is 0 Å². The lowest BCUT2D eigenvalue weighted by atomic mass is 9.74. The summed E-state index contributed by atoms with van der Waals surface area (Å²) in [4.78, 5) is 0. The van der Waals surface area contributed by atoms with Crippen LogP contribution in [0.15, 0.2) is 194 Å². The molecule has 2 heteroatoms. The first-order valence-electron chi connectivity index (χ1n) is 19.6. The number of fused-ring (bicyclic) bond motifs is 3. The molecule has 1 aliphatic heterocycles. The van der Waals surface area contributed by atoms with Crippen molar-refractivity contribution in [3.63, 3.8) is 0 Å². The average Bonchev–Trinajstić information content (AvgIpc) is 3.48. The molecule has 0 saturated carbocycles. The van der Waals surface area contributed by atoms with E-state index in [-0.39, 0.29) is 17.6 Å². The third-order valence-corrected chi connectivity index (χ3v) is 12.2. The predicted octanol–water partition coefficient (Wildman–Crippen LogP) is 12.9. The molecule has 0 spiro atoms. The van der Waals surface area contributed by atoms with Gasteiger partial charge in [-0.3, -0.25) is 5.32 Å². The van der Waals surface area contributed by atoms with Gasteiger partial charge in [-0.05, 0) is 90.5 Å². The van der Waals surface area contributed by atoms with Gasteiger partial charge in [-0.1, -0.05) is 195 Å². The summed E-state index contributed by atoms with van der Waals surface area (Å²) in [6, 6.07) is 62.1. The first-order valence-corrected chi connectivity index (χ1v) is 19.6. The summed E-state index contributed by atoms with van der Waals surface area (Å²) in [7, 11) is 0. The minimum absolute atomic E-state index is 0.0282. The lowest BCUT2D eigenvalue weighted by Crippen LogP contribution is -2.39. The van der Waals surface area contributed by atoms with E-state index in [0.717, 1.165) is 12.1 Å². The van der Waals surface area contributed by atoms with Crippen LogP contribution in [0.4, 0.5) is 0 Å². The molecule has 7 aromatic carbocycles. The summed E-state index contributed by atoms with van der Waals surface area (Å²) >= 11 is 0. The zero-order valence-electron chi connectivity index (χ0n) is 31.3. The fraction of sp³-hybridized carbons (Fsp3) is 0.132. The summed E-state index contributed by atoms with van der Waals surface area (Å²) in [5, 5.41) is 10.3. The minimum Gasteiger partial charge on any atom is -0.366 e. The summed E-state index contributed by atoms with van der Waals surface area (Å²) < 4.78 is 0. The Morgan fingerprint density at radius 2 is 1.20 bits per heavy atom. The number of nitrogens with one attached hydrogen (secondary N) is 2. The van der Waals surface area contributed by atoms with Gasteiger partial charge in [0.05, 0.1) is 6.04 Å². The van der Waals surface area contributed by atoms with E-state index in [0.29, 0.717) is 5.92 Å². The van der Waals surface area contributed by atoms with E-state index in [4.69, 9.17) is 0 Å². The Kier molecular flexibility index (Phi) is 8.23. The van der Waals surface area contributed by atoms with Crippen molar-refractivity contribution in [2.24, 2.45) is 0 Å². The quantitative estimate of drug-likeness (QED) is 0.180. The molecule has 266 valence electrons. The number of hydrogen-bond donors (Lipinski definition) is 2. The van der Waals surface area contributed by atoms with E-state index in [2.05, 4.69) is 213 Å². The Labute approximate surface area is 324 Å². The summed E-state index contributed by atoms with van der Waals surface area (Å²) in [5.74, 6) is 0.315. The van der Waals surface area contributed by atoms with Crippen LogP contribution < -0.4 is 10.6 Å². The van der Waals surface area contributed by atoms with Gasteiger partial charge in [0, 0.05) is 17.0 Å². The molecule has 0 bridgehead atoms. The van der Waals surface area contributed by atoms with Crippen LogP contribution in [0.1, 0.15) is 71.8 Å². The van der Waals surface area contributed by atoms with Crippen molar-refractivity contribution in [3.8, 4) is 22.3 Å². The maximum atomic E-state index is 3.85. The van der Waals surface area contributed by atoms with Crippen molar-refractivity contribution in [3.05, 3.63) is 227 Å². The maximum absolute atomic E-state index is 3.85. The highest BCUT2D eigenvalue weighted by atomic mass is 15.2. The Morgan fingerprint density at radius 3 is 1.96 bits per heavy atom. The average molecular weight is 709 g/mol. The SMILES string of the molecule is CC1(C)C2=C(C=CC(c3cccc(-c4ccc(C5NC(c6ccccc6)=CC(c6ccccc6)N5)cc4)c3)C2)c2c1cc1ccccc1c2-c1ccccc1. The topological polar surface area (TPSA) is 24.1 Å². The summed E-state index contributed by atoms with van der Waals surface area (Å²) in [5.41, 5.74) is 17.0. The Bertz CT molecular complexity index is 2630. The Morgan fingerprint density at radius 1 is 0.545 bits per heavy atom. The predicted molar refractivity (Wildman–Crippen MR) is 230 cm³/mol. The number of benzene rings is 7. The summed E-state index contributed by atoms with van der Waals surface area (Å²) in [6.45, 7) is 4.87. The van der Waals surface area contributed by atoms with Gasteiger partial charge in [0.15, 0.2) is 0 Å². The van der Waals surface area contributed by atoms with Crippen LogP contribution in [-0.4, -0.2) is 0 Å². The van der Waals surface area contributed by atoms with Crippen molar-refractivity contribution in [1.82, 2.24) is 10.6 Å². The second kappa shape index (κ2) is 13.6. The molecular formula is C53H44N2. The van der Waals surface area contributed by atoms with E-state index in [1.807, 2.05) is 0 Å². The van der Waals surface area contributed by atoms with Gasteiger partial charge in [-0.25, -0.2) is 0 Å². The van der Waals surface area contributed by atoms with Crippen LogP contribution in [-0.2, 0) is 5.41 Å². The molecule has 1 heterocycles. The molecule has 0 amide bonds. The highest BCUT2D eigenvalue weighted by Gasteiger charge is 2.41. The molecule has 0 saturated heterocycles. The van der Waals surface area contributed by atoms with Gasteiger partial charge in [0.2, 0.25) is 0 Å². The lowest BCUT2D eigenvalue weighted by molar-refractivity contribution is 0.443. The third-order valence-electron chi connectivity index (χ3n) is 12.2. The molecule has 0 fully saturated rings. The van der Waals surface area contributed by atoms with E-state index in [9.17, 15) is 0 Å². The highest BCUT2D eigenvalue weighted by molar-refractivity contribution is 6.07. The molecular weight excluding hydrogens is 665 g/mol. The van der Waals surface area contributed by atoms with Gasteiger partial charge >= 0.3 is 0 Å². The second-order valence-corrected chi connectivity index (χ2v) is 15.8. The molecule has 55 heavy (non-hydrogen) atoms. The fourth-order valence-electron chi connectivity index (χ4n) is 9.24. The van der Waals surface area contributed by atoms with E-state index < -0.39 is 0 Å². The normalized spacial score (nSPS) is 19.7. The van der Waals surface area contributed by atoms with Crippen molar-refractivity contribution in [2.75, 3.05) is 0 Å². The van der Waals surface area contributed by atoms with Gasteiger partial charge in [0.25, 0.3) is 0 Å². The molecule has 0 aromatic heterocycles. The molecule has 3 atom stereocenters. The van der Waals surface area contributed by atoms with Gasteiger partial charge in [-0.2, -0.15) is 0 Å². The molecule has 10 rings (SSSR count). The van der Waals surface area contributed by atoms with E-state index in [1.54, 1.807) is 5.57 Å². The van der Waals surface area contributed by atoms with Crippen molar-refractivity contribution < 1.29 is 0 Å². The van der Waals surface area contributed by atoms with Crippen LogP contribution >= 0.6 is 0 Å². The van der Waals surface area contributed by atoms with Gasteiger partial charge in [-0.15, -0.1) is 0 Å². The largest absolute Gasteiger partial charge is 0.366 e. The molecule has 2 N–H and O–H groups in total. The van der Waals surface area contributed by atoms with Crippen LogP contribution in [0.2, 0.25) is 0 Å². The lowest BCUT2D eigenvalue weighted by Gasteiger charge is -2.33. The molecule has 2 nitrogen and oxygen atoms in total. The zero-order chi connectivity index (χ0) is 36.9. The molecule has 2 aliphatic carbocycles. The molecule has 3 unspecified atom stereocenters. The Balaban J connectivity index is 0.936. The smallest absolute Gasteiger partial charge is 0.104 e. The standard InChI is InChI=1S/C53H44N2/c1-53(2)46-32-42(29-30-45(46)51-47(53)33-43-21-12-13-24-44(43)50(51)38-19-10-5-11-20-38)41-23-14-22-40(31-41)35-25-27-39(28-26-35)52-54-48(36-15-6-3-7-16-36)34-49(55-52)37-17-8-4-9-18-37/h3-31,33-34,42,48,52,54-55H,32H2,1-2H3. The minimum atomic E-state index is -0.0645. The fourth-order valence-corrected chi connectivity index (χ4v) is 9.24.